The summed E-state index contributed by atoms with van der Waals surface area (Å²) < 4.78 is 11.9. The van der Waals surface area contributed by atoms with Crippen LogP contribution in [0, 0.1) is 0 Å². The number of carbonyl (C=O) groups excluding carboxylic acids is 1. The molecule has 9 nitrogen and oxygen atoms in total. The Morgan fingerprint density at radius 2 is 1.88 bits per heavy atom. The number of rotatable bonds is 6. The predicted octanol–water partition coefficient (Wildman–Crippen LogP) is 1.44. The molecule has 0 saturated carbocycles. The van der Waals surface area contributed by atoms with Gasteiger partial charge >= 0.3 is 0 Å². The average Bonchev–Trinajstić information content (AvgIpc) is 3.22. The number of benzene rings is 2. The molecule has 2 aromatic carbocycles. The van der Waals surface area contributed by atoms with Gasteiger partial charge < -0.3 is 9.47 Å². The van der Waals surface area contributed by atoms with Crippen LogP contribution in [0.1, 0.15) is 15.9 Å². The molecule has 0 atom stereocenters. The molecule has 0 radical (unpaired) electrons. The maximum Gasteiger partial charge on any atom is 0.271 e. The maximum atomic E-state index is 12.1. The predicted molar refractivity (Wildman–Crippen MR) is 93.8 cm³/mol. The number of ether oxygens (including phenoxy) is 2. The fourth-order valence-electron chi connectivity index (χ4n) is 2.21. The van der Waals surface area contributed by atoms with Gasteiger partial charge in [-0.15, -0.1) is 5.10 Å². The third-order valence-electron chi connectivity index (χ3n) is 3.53. The quantitative estimate of drug-likeness (QED) is 0.532. The van der Waals surface area contributed by atoms with Gasteiger partial charge in [-0.3, -0.25) is 4.79 Å². The molecule has 0 saturated heterocycles. The molecule has 0 aliphatic heterocycles. The second-order valence-corrected chi connectivity index (χ2v) is 5.11. The van der Waals surface area contributed by atoms with Gasteiger partial charge in [0.1, 0.15) is 6.33 Å². The zero-order valence-corrected chi connectivity index (χ0v) is 14.2. The molecule has 9 heteroatoms. The first kappa shape index (κ1) is 17.1. The van der Waals surface area contributed by atoms with Gasteiger partial charge in [-0.2, -0.15) is 5.10 Å². The van der Waals surface area contributed by atoms with Gasteiger partial charge in [-0.25, -0.2) is 10.1 Å². The van der Waals surface area contributed by atoms with Crippen LogP contribution in [-0.2, 0) is 0 Å². The highest BCUT2D eigenvalue weighted by molar-refractivity contribution is 5.95. The van der Waals surface area contributed by atoms with Crippen LogP contribution in [0.25, 0.3) is 5.69 Å². The van der Waals surface area contributed by atoms with E-state index in [1.165, 1.54) is 17.2 Å². The Balaban J connectivity index is 1.64. The zero-order chi connectivity index (χ0) is 18.4. The average molecular weight is 352 g/mol. The third kappa shape index (κ3) is 3.83. The molecule has 3 rings (SSSR count). The van der Waals surface area contributed by atoms with Crippen LogP contribution in [0.4, 0.5) is 0 Å². The standard InChI is InChI=1S/C17H16N6O3/c1-25-15-8-3-12(9-16(15)26-2)10-18-20-17(24)13-4-6-14(7-5-13)23-11-19-21-22-23/h3-11H,1-2H3,(H,20,24)/b18-10+. The van der Waals surface area contributed by atoms with E-state index >= 15 is 0 Å². The Labute approximate surface area is 149 Å². The largest absolute Gasteiger partial charge is 0.493 e. The number of methoxy groups -OCH3 is 2. The van der Waals surface area contributed by atoms with Crippen molar-refractivity contribution >= 4 is 12.1 Å². The second-order valence-electron chi connectivity index (χ2n) is 5.11. The Morgan fingerprint density at radius 1 is 1.12 bits per heavy atom. The fraction of sp³-hybridized carbons (Fsp3) is 0.118. The summed E-state index contributed by atoms with van der Waals surface area (Å²) >= 11 is 0. The molecule has 0 unspecified atom stereocenters. The van der Waals surface area contributed by atoms with Crippen molar-refractivity contribution in [3.05, 3.63) is 59.9 Å². The van der Waals surface area contributed by atoms with E-state index in [0.29, 0.717) is 17.1 Å². The lowest BCUT2D eigenvalue weighted by atomic mass is 10.2. The maximum absolute atomic E-state index is 12.1. The summed E-state index contributed by atoms with van der Waals surface area (Å²) in [6, 6.07) is 12.1. The van der Waals surface area contributed by atoms with Crippen LogP contribution in [0.15, 0.2) is 53.9 Å². The summed E-state index contributed by atoms with van der Waals surface area (Å²) in [6.07, 6.45) is 3.00. The molecule has 132 valence electrons. The van der Waals surface area contributed by atoms with Crippen molar-refractivity contribution in [3.63, 3.8) is 0 Å². The van der Waals surface area contributed by atoms with Crippen molar-refractivity contribution in [3.8, 4) is 17.2 Å². The third-order valence-corrected chi connectivity index (χ3v) is 3.53. The number of carbonyl (C=O) groups is 1. The van der Waals surface area contributed by atoms with Gasteiger partial charge in [-0.1, -0.05) is 0 Å². The minimum Gasteiger partial charge on any atom is -0.493 e. The molecular weight excluding hydrogens is 336 g/mol. The summed E-state index contributed by atoms with van der Waals surface area (Å²) in [5.74, 6) is 0.877. The summed E-state index contributed by atoms with van der Waals surface area (Å²) in [5, 5.41) is 14.9. The normalized spacial score (nSPS) is 10.7. The van der Waals surface area contributed by atoms with E-state index in [4.69, 9.17) is 9.47 Å². The van der Waals surface area contributed by atoms with Crippen molar-refractivity contribution in [2.45, 2.75) is 0 Å². The monoisotopic (exact) mass is 352 g/mol. The first-order chi connectivity index (χ1) is 12.7. The molecule has 3 aromatic rings. The lowest BCUT2D eigenvalue weighted by Crippen LogP contribution is -2.17. The summed E-state index contributed by atoms with van der Waals surface area (Å²) in [5.41, 5.74) is 4.45. The number of hydrogen-bond donors (Lipinski definition) is 1. The van der Waals surface area contributed by atoms with Gasteiger partial charge in [0.05, 0.1) is 26.1 Å². The molecule has 1 aromatic heterocycles. The lowest BCUT2D eigenvalue weighted by molar-refractivity contribution is 0.0955. The van der Waals surface area contributed by atoms with Crippen LogP contribution in [0.3, 0.4) is 0 Å². The van der Waals surface area contributed by atoms with E-state index in [2.05, 4.69) is 26.1 Å². The van der Waals surface area contributed by atoms with Crippen molar-refractivity contribution < 1.29 is 14.3 Å². The molecule has 0 bridgehead atoms. The molecule has 0 fully saturated rings. The molecule has 1 heterocycles. The van der Waals surface area contributed by atoms with Crippen LogP contribution in [-0.4, -0.2) is 46.5 Å². The first-order valence-corrected chi connectivity index (χ1v) is 7.60. The number of hydrazone groups is 1. The van der Waals surface area contributed by atoms with E-state index < -0.39 is 0 Å². The van der Waals surface area contributed by atoms with Gasteiger partial charge in [0.2, 0.25) is 0 Å². The van der Waals surface area contributed by atoms with Crippen molar-refractivity contribution in [1.29, 1.82) is 0 Å². The topological polar surface area (TPSA) is 104 Å². The number of aromatic nitrogens is 4. The van der Waals surface area contributed by atoms with Crippen LogP contribution < -0.4 is 14.9 Å². The van der Waals surface area contributed by atoms with Gasteiger partial charge in [-0.05, 0) is 58.5 Å². The number of amides is 1. The Bertz CT molecular complexity index is 907. The van der Waals surface area contributed by atoms with Crippen molar-refractivity contribution in [2.75, 3.05) is 14.2 Å². The number of tetrazole rings is 1. The highest BCUT2D eigenvalue weighted by Gasteiger charge is 2.06. The number of nitrogens with zero attached hydrogens (tertiary/aromatic N) is 5. The Morgan fingerprint density at radius 3 is 2.54 bits per heavy atom. The Hall–Kier alpha value is -3.75. The molecule has 0 aliphatic carbocycles. The smallest absolute Gasteiger partial charge is 0.271 e. The van der Waals surface area contributed by atoms with Gasteiger partial charge in [0.15, 0.2) is 11.5 Å². The minimum atomic E-state index is -0.329. The van der Waals surface area contributed by atoms with E-state index in [0.717, 1.165) is 11.3 Å². The molecule has 0 aliphatic rings. The molecule has 1 N–H and O–H groups in total. The molecular formula is C17H16N6O3. The highest BCUT2D eigenvalue weighted by atomic mass is 16.5. The van der Waals surface area contributed by atoms with Crippen LogP contribution in [0.2, 0.25) is 0 Å². The summed E-state index contributed by atoms with van der Waals surface area (Å²) in [6.45, 7) is 0. The van der Waals surface area contributed by atoms with Crippen molar-refractivity contribution in [2.24, 2.45) is 5.10 Å². The summed E-state index contributed by atoms with van der Waals surface area (Å²) in [7, 11) is 3.12. The molecule has 1 amide bonds. The number of hydrogen-bond acceptors (Lipinski definition) is 7. The van der Waals surface area contributed by atoms with Gasteiger partial charge in [0.25, 0.3) is 5.91 Å². The SMILES string of the molecule is COc1ccc(/C=N/NC(=O)c2ccc(-n3cnnn3)cc2)cc1OC. The lowest BCUT2D eigenvalue weighted by Gasteiger charge is -2.07. The van der Waals surface area contributed by atoms with E-state index in [9.17, 15) is 4.79 Å². The van der Waals surface area contributed by atoms with Crippen LogP contribution in [0.5, 0.6) is 11.5 Å². The van der Waals surface area contributed by atoms with Crippen LogP contribution >= 0.6 is 0 Å². The van der Waals surface area contributed by atoms with E-state index in [1.807, 2.05) is 0 Å². The number of nitrogens with one attached hydrogen (secondary N) is 1. The van der Waals surface area contributed by atoms with Gasteiger partial charge in [0, 0.05) is 5.56 Å². The zero-order valence-electron chi connectivity index (χ0n) is 14.2. The molecule has 0 spiro atoms. The summed E-state index contributed by atoms with van der Waals surface area (Å²) in [4.78, 5) is 12.1. The van der Waals surface area contributed by atoms with E-state index in [-0.39, 0.29) is 5.91 Å². The first-order valence-electron chi connectivity index (χ1n) is 7.60. The Kier molecular flexibility index (Phi) is 5.18. The fourth-order valence-corrected chi connectivity index (χ4v) is 2.21. The van der Waals surface area contributed by atoms with Crippen molar-refractivity contribution in [1.82, 2.24) is 25.6 Å². The molecule has 26 heavy (non-hydrogen) atoms. The van der Waals surface area contributed by atoms with E-state index in [1.54, 1.807) is 56.7 Å². The second kappa shape index (κ2) is 7.88. The highest BCUT2D eigenvalue weighted by Crippen LogP contribution is 2.26. The minimum absolute atomic E-state index is 0.329.